The second-order valence-electron chi connectivity index (χ2n) is 5.50. The molecular formula is C19H16N4V. The van der Waals surface area contributed by atoms with Gasteiger partial charge in [-0.25, -0.2) is 4.98 Å². The average molecular weight is 351 g/mol. The Morgan fingerprint density at radius 3 is 2.42 bits per heavy atom. The fourth-order valence-corrected chi connectivity index (χ4v) is 2.66. The van der Waals surface area contributed by atoms with Crippen LogP contribution in [0.1, 0.15) is 5.69 Å². The van der Waals surface area contributed by atoms with Gasteiger partial charge in [0.05, 0.1) is 16.9 Å². The van der Waals surface area contributed by atoms with E-state index in [-0.39, 0.29) is 18.6 Å². The smallest absolute Gasteiger partial charge is 0.152 e. The Hall–Kier alpha value is -2.56. The predicted octanol–water partition coefficient (Wildman–Crippen LogP) is 4.67. The Morgan fingerprint density at radius 1 is 0.917 bits per heavy atom. The SMILES string of the molecule is Cc1cc(Nc2cc(-c3ccccc3)nc3ccccc23)n[nH]1.[V]. The largest absolute Gasteiger partial charge is 0.338 e. The number of hydrogen-bond donors (Lipinski definition) is 2. The summed E-state index contributed by atoms with van der Waals surface area (Å²) < 4.78 is 0. The quantitative estimate of drug-likeness (QED) is 0.564. The van der Waals surface area contributed by atoms with E-state index in [9.17, 15) is 0 Å². The van der Waals surface area contributed by atoms with Gasteiger partial charge >= 0.3 is 0 Å². The number of anilines is 2. The second-order valence-corrected chi connectivity index (χ2v) is 5.50. The minimum atomic E-state index is 0. The number of H-pyrrole nitrogens is 1. The number of aromatic amines is 1. The molecule has 4 rings (SSSR count). The van der Waals surface area contributed by atoms with Crippen LogP contribution < -0.4 is 5.32 Å². The first-order valence-corrected chi connectivity index (χ1v) is 7.54. The number of nitrogens with zero attached hydrogens (tertiary/aromatic N) is 2. The Bertz CT molecular complexity index is 963. The zero-order valence-corrected chi connectivity index (χ0v) is 14.6. The van der Waals surface area contributed by atoms with E-state index >= 15 is 0 Å². The fourth-order valence-electron chi connectivity index (χ4n) is 2.66. The number of para-hydroxylation sites is 1. The van der Waals surface area contributed by atoms with Gasteiger partial charge in [-0.05, 0) is 19.1 Å². The number of benzene rings is 2. The third kappa shape index (κ3) is 3.20. The number of aromatic nitrogens is 3. The van der Waals surface area contributed by atoms with Crippen molar-refractivity contribution in [3.63, 3.8) is 0 Å². The monoisotopic (exact) mass is 351 g/mol. The molecule has 0 fully saturated rings. The number of hydrogen-bond acceptors (Lipinski definition) is 3. The molecular weight excluding hydrogens is 335 g/mol. The predicted molar refractivity (Wildman–Crippen MR) is 93.8 cm³/mol. The molecule has 24 heavy (non-hydrogen) atoms. The molecule has 0 saturated heterocycles. The van der Waals surface area contributed by atoms with Crippen molar-refractivity contribution in [1.82, 2.24) is 15.2 Å². The Balaban J connectivity index is 0.00000169. The molecule has 0 aliphatic heterocycles. The van der Waals surface area contributed by atoms with Gasteiger partial charge in [0.2, 0.25) is 0 Å². The molecule has 5 heteroatoms. The van der Waals surface area contributed by atoms with Crippen LogP contribution in [0.25, 0.3) is 22.2 Å². The Kier molecular flexibility index (Phi) is 4.70. The topological polar surface area (TPSA) is 53.6 Å². The molecule has 0 unspecified atom stereocenters. The summed E-state index contributed by atoms with van der Waals surface area (Å²) >= 11 is 0. The van der Waals surface area contributed by atoms with Gasteiger partial charge in [0.15, 0.2) is 5.82 Å². The number of fused-ring (bicyclic) bond motifs is 1. The van der Waals surface area contributed by atoms with E-state index in [0.29, 0.717) is 0 Å². The molecule has 2 heterocycles. The van der Waals surface area contributed by atoms with Crippen molar-refractivity contribution in [2.75, 3.05) is 5.32 Å². The molecule has 4 aromatic rings. The molecule has 0 atom stereocenters. The minimum Gasteiger partial charge on any atom is -0.338 e. The van der Waals surface area contributed by atoms with E-state index in [0.717, 1.165) is 39.4 Å². The van der Waals surface area contributed by atoms with Crippen LogP contribution in [-0.4, -0.2) is 15.2 Å². The molecule has 0 saturated carbocycles. The first kappa shape index (κ1) is 16.3. The van der Waals surface area contributed by atoms with Crippen LogP contribution in [0.4, 0.5) is 11.5 Å². The molecule has 0 bridgehead atoms. The van der Waals surface area contributed by atoms with Crippen LogP contribution in [0.15, 0.2) is 66.7 Å². The Labute approximate surface area is 152 Å². The first-order valence-electron chi connectivity index (χ1n) is 7.54. The van der Waals surface area contributed by atoms with Crippen molar-refractivity contribution in [2.24, 2.45) is 0 Å². The molecule has 117 valence electrons. The fraction of sp³-hybridized carbons (Fsp3) is 0.0526. The van der Waals surface area contributed by atoms with E-state index in [1.807, 2.05) is 49.4 Å². The van der Waals surface area contributed by atoms with Gasteiger partial charge in [0, 0.05) is 41.3 Å². The summed E-state index contributed by atoms with van der Waals surface area (Å²) in [6.45, 7) is 1.98. The summed E-state index contributed by atoms with van der Waals surface area (Å²) in [7, 11) is 0. The molecule has 0 aliphatic carbocycles. The Morgan fingerprint density at radius 2 is 1.67 bits per heavy atom. The summed E-state index contributed by atoms with van der Waals surface area (Å²) in [5, 5.41) is 11.7. The van der Waals surface area contributed by atoms with Crippen molar-refractivity contribution in [1.29, 1.82) is 0 Å². The maximum atomic E-state index is 4.78. The third-order valence-corrected chi connectivity index (χ3v) is 3.75. The van der Waals surface area contributed by atoms with Gasteiger partial charge < -0.3 is 5.32 Å². The van der Waals surface area contributed by atoms with Crippen LogP contribution >= 0.6 is 0 Å². The van der Waals surface area contributed by atoms with Crippen LogP contribution in [0.2, 0.25) is 0 Å². The third-order valence-electron chi connectivity index (χ3n) is 3.75. The summed E-state index contributed by atoms with van der Waals surface area (Å²) in [6.07, 6.45) is 0. The van der Waals surface area contributed by atoms with Gasteiger partial charge in [-0.1, -0.05) is 48.5 Å². The normalized spacial score (nSPS) is 10.4. The number of nitrogens with one attached hydrogen (secondary N) is 2. The molecule has 0 spiro atoms. The van der Waals surface area contributed by atoms with Crippen molar-refractivity contribution < 1.29 is 18.6 Å². The zero-order valence-electron chi connectivity index (χ0n) is 13.2. The van der Waals surface area contributed by atoms with Gasteiger partial charge in [-0.3, -0.25) is 5.10 Å². The average Bonchev–Trinajstić information content (AvgIpc) is 3.00. The van der Waals surface area contributed by atoms with Crippen LogP contribution in [0.5, 0.6) is 0 Å². The van der Waals surface area contributed by atoms with E-state index in [1.54, 1.807) is 0 Å². The minimum absolute atomic E-state index is 0. The number of pyridine rings is 1. The number of aryl methyl sites for hydroxylation is 1. The van der Waals surface area contributed by atoms with E-state index < -0.39 is 0 Å². The van der Waals surface area contributed by atoms with E-state index in [4.69, 9.17) is 4.98 Å². The van der Waals surface area contributed by atoms with Crippen molar-refractivity contribution in [3.8, 4) is 11.3 Å². The summed E-state index contributed by atoms with van der Waals surface area (Å²) in [5.41, 5.74) is 5.03. The second kappa shape index (κ2) is 6.91. The van der Waals surface area contributed by atoms with Crippen LogP contribution in [0.3, 0.4) is 0 Å². The van der Waals surface area contributed by atoms with E-state index in [1.165, 1.54) is 0 Å². The molecule has 1 radical (unpaired) electrons. The molecule has 2 aromatic heterocycles. The zero-order chi connectivity index (χ0) is 15.6. The molecule has 0 aliphatic rings. The van der Waals surface area contributed by atoms with Crippen LogP contribution in [-0.2, 0) is 18.6 Å². The van der Waals surface area contributed by atoms with Gasteiger partial charge in [-0.2, -0.15) is 5.10 Å². The van der Waals surface area contributed by atoms with E-state index in [2.05, 4.69) is 39.8 Å². The first-order chi connectivity index (χ1) is 11.3. The summed E-state index contributed by atoms with van der Waals surface area (Å²) in [6, 6.07) is 22.4. The molecule has 2 aromatic carbocycles. The maximum absolute atomic E-state index is 4.78. The molecule has 2 N–H and O–H groups in total. The van der Waals surface area contributed by atoms with Crippen LogP contribution in [0, 0.1) is 6.92 Å². The maximum Gasteiger partial charge on any atom is 0.152 e. The summed E-state index contributed by atoms with van der Waals surface area (Å²) in [5.74, 6) is 0.804. The summed E-state index contributed by atoms with van der Waals surface area (Å²) in [4.78, 5) is 4.78. The van der Waals surface area contributed by atoms with Crippen molar-refractivity contribution in [2.45, 2.75) is 6.92 Å². The molecule has 4 nitrogen and oxygen atoms in total. The molecule has 0 amide bonds. The standard InChI is InChI=1S/C19H16N4.V/c1-13-11-19(23-22-13)21-18-12-17(14-7-3-2-4-8-14)20-16-10-6-5-9-15(16)18;/h2-12H,1H3,(H2,20,21,22,23);. The number of rotatable bonds is 3. The van der Waals surface area contributed by atoms with Gasteiger partial charge in [-0.15, -0.1) is 0 Å². The van der Waals surface area contributed by atoms with Gasteiger partial charge in [0.1, 0.15) is 0 Å². The van der Waals surface area contributed by atoms with Crippen molar-refractivity contribution in [3.05, 3.63) is 72.4 Å². The van der Waals surface area contributed by atoms with Gasteiger partial charge in [0.25, 0.3) is 0 Å². The van der Waals surface area contributed by atoms with Crippen molar-refractivity contribution >= 4 is 22.4 Å².